The maximum atomic E-state index is 6.66. The number of hydrogen-bond donors (Lipinski definition) is 1. The first-order chi connectivity index (χ1) is 8.78. The summed E-state index contributed by atoms with van der Waals surface area (Å²) in [5.74, 6) is 0. The van der Waals surface area contributed by atoms with E-state index in [0.29, 0.717) is 18.3 Å². The first-order valence-electron chi connectivity index (χ1n) is 7.57. The highest BCUT2D eigenvalue weighted by atomic mass is 16.5. The molecule has 0 bridgehead atoms. The molecule has 0 aromatic heterocycles. The molecule has 2 N–H and O–H groups in total. The molecule has 4 heteroatoms. The Kier molecular flexibility index (Phi) is 4.26. The molecule has 0 aromatic carbocycles. The minimum absolute atomic E-state index is 0.0494. The monoisotopic (exact) mass is 270 g/mol. The molecule has 1 saturated heterocycles. The van der Waals surface area contributed by atoms with Gasteiger partial charge in [-0.15, -0.1) is 0 Å². The Bertz CT molecular complexity index is 311. The van der Waals surface area contributed by atoms with Crippen LogP contribution in [0.15, 0.2) is 0 Å². The van der Waals surface area contributed by atoms with Crippen LogP contribution in [-0.2, 0) is 9.47 Å². The predicted octanol–water partition coefficient (Wildman–Crippen LogP) is 1.63. The molecular weight excluding hydrogens is 240 g/mol. The van der Waals surface area contributed by atoms with Crippen molar-refractivity contribution in [2.45, 2.75) is 64.9 Å². The molecule has 4 unspecified atom stereocenters. The second-order valence-corrected chi connectivity index (χ2v) is 6.98. The van der Waals surface area contributed by atoms with Crippen molar-refractivity contribution in [2.75, 3.05) is 26.2 Å². The van der Waals surface area contributed by atoms with E-state index < -0.39 is 0 Å². The lowest BCUT2D eigenvalue weighted by Gasteiger charge is -2.61. The summed E-state index contributed by atoms with van der Waals surface area (Å²) in [5.41, 5.74) is 6.57. The number of morpholine rings is 1. The maximum Gasteiger partial charge on any atom is 0.0678 e. The summed E-state index contributed by atoms with van der Waals surface area (Å²) in [6.45, 7) is 14.5. The average Bonchev–Trinajstić information content (AvgIpc) is 2.27. The topological polar surface area (TPSA) is 47.7 Å². The molecule has 1 aliphatic carbocycles. The SMILES string of the molecule is CCOC1CC(N)(CN2CC(C)OC(C)C2)C1(C)C. The second-order valence-electron chi connectivity index (χ2n) is 6.98. The van der Waals surface area contributed by atoms with Gasteiger partial charge in [0.2, 0.25) is 0 Å². The van der Waals surface area contributed by atoms with E-state index in [4.69, 9.17) is 15.2 Å². The predicted molar refractivity (Wildman–Crippen MR) is 77.2 cm³/mol. The molecule has 1 aliphatic heterocycles. The van der Waals surface area contributed by atoms with Crippen LogP contribution in [-0.4, -0.2) is 55.0 Å². The Labute approximate surface area is 117 Å². The van der Waals surface area contributed by atoms with Crippen molar-refractivity contribution in [3.63, 3.8) is 0 Å². The fourth-order valence-corrected chi connectivity index (χ4v) is 3.59. The number of ether oxygens (including phenoxy) is 2. The van der Waals surface area contributed by atoms with E-state index in [1.54, 1.807) is 0 Å². The van der Waals surface area contributed by atoms with Gasteiger partial charge in [0.15, 0.2) is 0 Å². The first kappa shape index (κ1) is 15.2. The van der Waals surface area contributed by atoms with Crippen molar-refractivity contribution in [1.29, 1.82) is 0 Å². The third-order valence-electron chi connectivity index (χ3n) is 5.01. The van der Waals surface area contributed by atoms with E-state index in [2.05, 4.69) is 39.5 Å². The summed E-state index contributed by atoms with van der Waals surface area (Å²) in [7, 11) is 0. The van der Waals surface area contributed by atoms with Crippen molar-refractivity contribution in [1.82, 2.24) is 4.90 Å². The largest absolute Gasteiger partial charge is 0.378 e. The van der Waals surface area contributed by atoms with Crippen molar-refractivity contribution in [3.05, 3.63) is 0 Å². The van der Waals surface area contributed by atoms with Gasteiger partial charge < -0.3 is 15.2 Å². The Hall–Kier alpha value is -0.160. The quantitative estimate of drug-likeness (QED) is 0.843. The summed E-state index contributed by atoms with van der Waals surface area (Å²) < 4.78 is 11.6. The molecule has 4 nitrogen and oxygen atoms in total. The zero-order valence-electron chi connectivity index (χ0n) is 13.1. The number of nitrogens with zero attached hydrogens (tertiary/aromatic N) is 1. The fraction of sp³-hybridized carbons (Fsp3) is 1.00. The highest BCUT2D eigenvalue weighted by molar-refractivity contribution is 5.15. The van der Waals surface area contributed by atoms with Gasteiger partial charge in [0.1, 0.15) is 0 Å². The molecule has 4 atom stereocenters. The van der Waals surface area contributed by atoms with Crippen molar-refractivity contribution < 1.29 is 9.47 Å². The molecule has 0 aromatic rings. The normalized spacial score (nSPS) is 42.9. The van der Waals surface area contributed by atoms with E-state index in [1.165, 1.54) is 0 Å². The Morgan fingerprint density at radius 2 is 1.84 bits per heavy atom. The van der Waals surface area contributed by atoms with Gasteiger partial charge in [0.25, 0.3) is 0 Å². The summed E-state index contributed by atoms with van der Waals surface area (Å²) >= 11 is 0. The Morgan fingerprint density at radius 1 is 1.26 bits per heavy atom. The molecule has 2 aliphatic rings. The van der Waals surface area contributed by atoms with Gasteiger partial charge in [-0.25, -0.2) is 0 Å². The zero-order valence-corrected chi connectivity index (χ0v) is 13.1. The van der Waals surface area contributed by atoms with Gasteiger partial charge in [-0.1, -0.05) is 13.8 Å². The molecule has 1 saturated carbocycles. The van der Waals surface area contributed by atoms with Crippen LogP contribution in [0.25, 0.3) is 0 Å². The second kappa shape index (κ2) is 5.32. The summed E-state index contributed by atoms with van der Waals surface area (Å²) in [6, 6.07) is 0. The zero-order chi connectivity index (χ0) is 14.3. The summed E-state index contributed by atoms with van der Waals surface area (Å²) in [5, 5.41) is 0. The standard InChI is InChI=1S/C15H30N2O2/c1-6-18-13-7-15(16,14(13,4)5)10-17-8-11(2)19-12(3)9-17/h11-13H,6-10,16H2,1-5H3. The average molecular weight is 270 g/mol. The number of rotatable bonds is 4. The third-order valence-corrected chi connectivity index (χ3v) is 5.01. The fourth-order valence-electron chi connectivity index (χ4n) is 3.59. The lowest BCUT2D eigenvalue weighted by atomic mass is 9.54. The van der Waals surface area contributed by atoms with Crippen LogP contribution < -0.4 is 5.73 Å². The van der Waals surface area contributed by atoms with Crippen molar-refractivity contribution in [2.24, 2.45) is 11.1 Å². The number of hydrogen-bond acceptors (Lipinski definition) is 4. The third kappa shape index (κ3) is 2.82. The Balaban J connectivity index is 1.95. The van der Waals surface area contributed by atoms with Crippen molar-refractivity contribution in [3.8, 4) is 0 Å². The molecule has 0 radical (unpaired) electrons. The first-order valence-corrected chi connectivity index (χ1v) is 7.57. The van der Waals surface area contributed by atoms with Crippen LogP contribution >= 0.6 is 0 Å². The van der Waals surface area contributed by atoms with Crippen LogP contribution in [0.1, 0.15) is 41.0 Å². The Morgan fingerprint density at radius 3 is 2.32 bits per heavy atom. The van der Waals surface area contributed by atoms with Gasteiger partial charge in [0.05, 0.1) is 18.3 Å². The highest BCUT2D eigenvalue weighted by Crippen LogP contribution is 2.50. The minimum Gasteiger partial charge on any atom is -0.378 e. The van der Waals surface area contributed by atoms with E-state index in [0.717, 1.165) is 32.7 Å². The molecule has 2 rings (SSSR count). The van der Waals surface area contributed by atoms with Crippen LogP contribution in [0.3, 0.4) is 0 Å². The summed E-state index contributed by atoms with van der Waals surface area (Å²) in [4.78, 5) is 2.46. The van der Waals surface area contributed by atoms with Crippen LogP contribution in [0.5, 0.6) is 0 Å². The molecule has 1 heterocycles. The van der Waals surface area contributed by atoms with Gasteiger partial charge >= 0.3 is 0 Å². The highest BCUT2D eigenvalue weighted by Gasteiger charge is 2.58. The molecule has 112 valence electrons. The number of nitrogens with two attached hydrogens (primary N) is 1. The van der Waals surface area contributed by atoms with E-state index in [-0.39, 0.29) is 11.0 Å². The lowest BCUT2D eigenvalue weighted by molar-refractivity contribution is -0.165. The van der Waals surface area contributed by atoms with Crippen LogP contribution in [0, 0.1) is 5.41 Å². The molecule has 0 amide bonds. The van der Waals surface area contributed by atoms with Crippen LogP contribution in [0.2, 0.25) is 0 Å². The van der Waals surface area contributed by atoms with Gasteiger partial charge in [-0.05, 0) is 27.2 Å². The minimum atomic E-state index is -0.135. The van der Waals surface area contributed by atoms with E-state index in [1.807, 2.05) is 0 Å². The van der Waals surface area contributed by atoms with Crippen molar-refractivity contribution >= 4 is 0 Å². The van der Waals surface area contributed by atoms with Gasteiger partial charge in [-0.3, -0.25) is 4.90 Å². The smallest absolute Gasteiger partial charge is 0.0678 e. The summed E-state index contributed by atoms with van der Waals surface area (Å²) in [6.07, 6.45) is 1.88. The molecule has 0 spiro atoms. The van der Waals surface area contributed by atoms with Gasteiger partial charge in [-0.2, -0.15) is 0 Å². The molecular formula is C15H30N2O2. The van der Waals surface area contributed by atoms with E-state index >= 15 is 0 Å². The lowest BCUT2D eigenvalue weighted by Crippen LogP contribution is -2.74. The van der Waals surface area contributed by atoms with Crippen LogP contribution in [0.4, 0.5) is 0 Å². The molecule has 2 fully saturated rings. The van der Waals surface area contributed by atoms with Gasteiger partial charge in [0, 0.05) is 37.2 Å². The van der Waals surface area contributed by atoms with E-state index in [9.17, 15) is 0 Å². The maximum absolute atomic E-state index is 6.66. The molecule has 19 heavy (non-hydrogen) atoms.